The zero-order valence-electron chi connectivity index (χ0n) is 14.7. The molecule has 0 radical (unpaired) electrons. The first kappa shape index (κ1) is 17.1. The lowest BCUT2D eigenvalue weighted by molar-refractivity contribution is 0.874. The molecule has 0 unspecified atom stereocenters. The largest absolute Gasteiger partial charge is 0.369 e. The highest BCUT2D eigenvalue weighted by Crippen LogP contribution is 2.45. The molecule has 1 aromatic heterocycles. The fourth-order valence-corrected chi connectivity index (χ4v) is 4.07. The lowest BCUT2D eigenvalue weighted by Gasteiger charge is -2.16. The van der Waals surface area contributed by atoms with Crippen LogP contribution in [0, 0.1) is 5.92 Å². The summed E-state index contributed by atoms with van der Waals surface area (Å²) in [7, 11) is 0. The van der Waals surface area contributed by atoms with E-state index in [1.54, 1.807) is 10.6 Å². The van der Waals surface area contributed by atoms with Crippen molar-refractivity contribution in [2.45, 2.75) is 31.6 Å². The fourth-order valence-electron chi connectivity index (χ4n) is 3.53. The minimum absolute atomic E-state index is 0.335. The molecule has 0 atom stereocenters. The Morgan fingerprint density at radius 1 is 1.07 bits per heavy atom. The van der Waals surface area contributed by atoms with Crippen molar-refractivity contribution >= 4 is 39.9 Å². The molecule has 5 rings (SSSR count). The van der Waals surface area contributed by atoms with Gasteiger partial charge in [0.05, 0.1) is 16.2 Å². The van der Waals surface area contributed by atoms with Gasteiger partial charge in [-0.1, -0.05) is 35.3 Å². The molecule has 3 aromatic rings. The number of nitrogens with one attached hydrogen (secondary N) is 1. The van der Waals surface area contributed by atoms with Gasteiger partial charge in [-0.25, -0.2) is 4.79 Å². The van der Waals surface area contributed by atoms with E-state index in [-0.39, 0.29) is 5.69 Å². The predicted octanol–water partition coefficient (Wildman–Crippen LogP) is 5.39. The zero-order chi connectivity index (χ0) is 18.5. The van der Waals surface area contributed by atoms with E-state index in [2.05, 4.69) is 10.3 Å². The van der Waals surface area contributed by atoms with Gasteiger partial charge in [-0.2, -0.15) is 4.98 Å². The van der Waals surface area contributed by atoms with Gasteiger partial charge in [0.15, 0.2) is 0 Å². The molecule has 1 heterocycles. The first-order chi connectivity index (χ1) is 13.1. The summed E-state index contributed by atoms with van der Waals surface area (Å²) in [5.41, 5.74) is 2.20. The zero-order valence-corrected chi connectivity index (χ0v) is 16.2. The Morgan fingerprint density at radius 3 is 2.56 bits per heavy atom. The molecule has 0 amide bonds. The van der Waals surface area contributed by atoms with Crippen LogP contribution in [0.25, 0.3) is 16.6 Å². The first-order valence-corrected chi connectivity index (χ1v) is 10.1. The molecule has 138 valence electrons. The summed E-state index contributed by atoms with van der Waals surface area (Å²) in [6, 6.07) is 11.3. The number of hydrogen-bond donors (Lipinski definition) is 1. The van der Waals surface area contributed by atoms with Crippen LogP contribution in [0.3, 0.4) is 0 Å². The van der Waals surface area contributed by atoms with E-state index in [9.17, 15) is 4.79 Å². The molecule has 2 aliphatic carbocycles. The van der Waals surface area contributed by atoms with Gasteiger partial charge < -0.3 is 5.32 Å². The van der Waals surface area contributed by atoms with Crippen LogP contribution in [0.1, 0.15) is 37.2 Å². The lowest BCUT2D eigenvalue weighted by atomic mass is 10.1. The molecule has 0 bridgehead atoms. The van der Waals surface area contributed by atoms with Crippen LogP contribution in [-0.4, -0.2) is 16.1 Å². The Labute approximate surface area is 167 Å². The Kier molecular flexibility index (Phi) is 4.14. The van der Waals surface area contributed by atoms with Crippen molar-refractivity contribution in [1.29, 1.82) is 0 Å². The van der Waals surface area contributed by atoms with E-state index in [4.69, 9.17) is 23.2 Å². The normalized spacial score (nSPS) is 16.7. The monoisotopic (exact) mass is 399 g/mol. The van der Waals surface area contributed by atoms with Crippen molar-refractivity contribution in [3.05, 3.63) is 62.5 Å². The van der Waals surface area contributed by atoms with Crippen LogP contribution in [0.15, 0.2) is 41.2 Å². The number of benzene rings is 2. The molecule has 0 saturated heterocycles. The van der Waals surface area contributed by atoms with Gasteiger partial charge >= 0.3 is 5.69 Å². The molecular weight excluding hydrogens is 381 g/mol. The summed E-state index contributed by atoms with van der Waals surface area (Å²) in [5.74, 6) is 1.76. The van der Waals surface area contributed by atoms with Crippen molar-refractivity contribution in [3.63, 3.8) is 0 Å². The Balaban J connectivity index is 1.76. The number of para-hydroxylation sites is 1. The van der Waals surface area contributed by atoms with E-state index in [1.165, 1.54) is 12.8 Å². The van der Waals surface area contributed by atoms with Crippen molar-refractivity contribution in [3.8, 4) is 5.69 Å². The Morgan fingerprint density at radius 2 is 1.85 bits per heavy atom. The van der Waals surface area contributed by atoms with Crippen molar-refractivity contribution in [1.82, 2.24) is 9.55 Å². The van der Waals surface area contributed by atoms with Crippen LogP contribution >= 0.6 is 23.2 Å². The van der Waals surface area contributed by atoms with Crippen LogP contribution in [0.5, 0.6) is 0 Å². The molecule has 1 N–H and O–H groups in total. The number of fused-ring (bicyclic) bond motifs is 1. The number of anilines is 1. The third-order valence-electron chi connectivity index (χ3n) is 5.38. The van der Waals surface area contributed by atoms with Crippen LogP contribution in [-0.2, 0) is 0 Å². The second-order valence-corrected chi connectivity index (χ2v) is 8.33. The van der Waals surface area contributed by atoms with E-state index >= 15 is 0 Å². The van der Waals surface area contributed by atoms with Crippen LogP contribution < -0.4 is 11.0 Å². The van der Waals surface area contributed by atoms with Crippen LogP contribution in [0.2, 0.25) is 10.0 Å². The van der Waals surface area contributed by atoms with E-state index in [0.29, 0.717) is 28.4 Å². The van der Waals surface area contributed by atoms with Gasteiger partial charge in [0, 0.05) is 17.0 Å². The topological polar surface area (TPSA) is 46.9 Å². The van der Waals surface area contributed by atoms with Crippen molar-refractivity contribution in [2.75, 3.05) is 11.9 Å². The molecule has 2 aliphatic rings. The summed E-state index contributed by atoms with van der Waals surface area (Å²) >= 11 is 13.0. The summed E-state index contributed by atoms with van der Waals surface area (Å²) < 4.78 is 1.60. The molecule has 0 spiro atoms. The average molecular weight is 400 g/mol. The van der Waals surface area contributed by atoms with Gasteiger partial charge in [-0.05, 0) is 67.3 Å². The number of halogens is 2. The molecule has 2 saturated carbocycles. The minimum atomic E-state index is -0.335. The highest BCUT2D eigenvalue weighted by atomic mass is 35.5. The summed E-state index contributed by atoms with van der Waals surface area (Å²) in [5, 5.41) is 5.47. The quantitative estimate of drug-likeness (QED) is 0.625. The number of nitrogens with zero attached hydrogens (tertiary/aromatic N) is 2. The number of rotatable bonds is 5. The van der Waals surface area contributed by atoms with E-state index in [1.807, 2.05) is 30.3 Å². The maximum Gasteiger partial charge on any atom is 0.354 e. The van der Waals surface area contributed by atoms with Gasteiger partial charge in [-0.15, -0.1) is 0 Å². The van der Waals surface area contributed by atoms with Gasteiger partial charge in [0.1, 0.15) is 5.82 Å². The predicted molar refractivity (Wildman–Crippen MR) is 111 cm³/mol. The summed E-state index contributed by atoms with van der Waals surface area (Å²) in [4.78, 5) is 17.3. The number of aromatic nitrogens is 2. The summed E-state index contributed by atoms with van der Waals surface area (Å²) in [6.45, 7) is 0.833. The number of hydrogen-bond acceptors (Lipinski definition) is 3. The molecule has 4 nitrogen and oxygen atoms in total. The van der Waals surface area contributed by atoms with Gasteiger partial charge in [0.25, 0.3) is 0 Å². The smallest absolute Gasteiger partial charge is 0.354 e. The third-order valence-corrected chi connectivity index (χ3v) is 6.02. The Hall–Kier alpha value is -2.04. The molecule has 2 fully saturated rings. The summed E-state index contributed by atoms with van der Waals surface area (Å²) in [6.07, 6.45) is 4.74. The van der Waals surface area contributed by atoms with Gasteiger partial charge in [0.2, 0.25) is 0 Å². The highest BCUT2D eigenvalue weighted by molar-refractivity contribution is 6.33. The first-order valence-electron chi connectivity index (χ1n) is 9.37. The standard InChI is InChI=1S/C21H19Cl2N3O/c22-16-3-1-2-4-18(16)26-19-10-14(13-7-8-13)17(23)9-15(19)20(25-21(26)27)24-11-12-5-6-12/h1-4,9-10,12-13H,5-8,11H2,(H,24,25,27). The third kappa shape index (κ3) is 3.21. The van der Waals surface area contributed by atoms with E-state index in [0.717, 1.165) is 40.9 Å². The van der Waals surface area contributed by atoms with E-state index < -0.39 is 0 Å². The van der Waals surface area contributed by atoms with Crippen molar-refractivity contribution < 1.29 is 0 Å². The van der Waals surface area contributed by atoms with Gasteiger partial charge in [-0.3, -0.25) is 4.57 Å². The molecule has 0 aliphatic heterocycles. The molecular formula is C21H19Cl2N3O. The maximum atomic E-state index is 13.0. The van der Waals surface area contributed by atoms with Crippen molar-refractivity contribution in [2.24, 2.45) is 5.92 Å². The maximum absolute atomic E-state index is 13.0. The molecule has 6 heteroatoms. The minimum Gasteiger partial charge on any atom is -0.369 e. The Bertz CT molecular complexity index is 1100. The second-order valence-electron chi connectivity index (χ2n) is 7.52. The molecule has 27 heavy (non-hydrogen) atoms. The second kappa shape index (κ2) is 6.54. The SMILES string of the molecule is O=c1nc(NCC2CC2)c2cc(Cl)c(C3CC3)cc2n1-c1ccccc1Cl. The lowest BCUT2D eigenvalue weighted by Crippen LogP contribution is -2.24. The highest BCUT2D eigenvalue weighted by Gasteiger charge is 2.28. The fraction of sp³-hybridized carbons (Fsp3) is 0.333. The average Bonchev–Trinajstić information content (AvgIpc) is 3.54. The van der Waals surface area contributed by atoms with Crippen LogP contribution in [0.4, 0.5) is 5.82 Å². The molecule has 2 aromatic carbocycles.